The molecular formula is C18H36N2. The van der Waals surface area contributed by atoms with E-state index in [9.17, 15) is 0 Å². The number of rotatable bonds is 4. The fourth-order valence-corrected chi connectivity index (χ4v) is 4.25. The Balaban J connectivity index is 1.99. The van der Waals surface area contributed by atoms with Crippen molar-refractivity contribution in [1.82, 2.24) is 4.90 Å². The number of likely N-dealkylation sites (N-methyl/N-ethyl adjacent to an activating group) is 1. The summed E-state index contributed by atoms with van der Waals surface area (Å²) in [6.45, 7) is 4.41. The van der Waals surface area contributed by atoms with Crippen LogP contribution in [0.2, 0.25) is 0 Å². The maximum atomic E-state index is 6.32. The Morgan fingerprint density at radius 2 is 1.30 bits per heavy atom. The molecule has 0 radical (unpaired) electrons. The van der Waals surface area contributed by atoms with Crippen LogP contribution in [-0.4, -0.2) is 29.6 Å². The number of nitrogens with two attached hydrogens (primary N) is 1. The highest BCUT2D eigenvalue weighted by Gasteiger charge is 2.41. The predicted molar refractivity (Wildman–Crippen MR) is 88.0 cm³/mol. The Bertz CT molecular complexity index is 248. The van der Waals surface area contributed by atoms with Gasteiger partial charge in [-0.05, 0) is 32.2 Å². The van der Waals surface area contributed by atoms with Gasteiger partial charge in [0.25, 0.3) is 0 Å². The highest BCUT2D eigenvalue weighted by Crippen LogP contribution is 2.38. The molecule has 2 rings (SSSR count). The molecule has 0 spiro atoms. The summed E-state index contributed by atoms with van der Waals surface area (Å²) >= 11 is 0. The van der Waals surface area contributed by atoms with Crippen LogP contribution in [0.15, 0.2) is 0 Å². The van der Waals surface area contributed by atoms with Crippen LogP contribution >= 0.6 is 0 Å². The standard InChI is InChI=1S/C18H36N2/c1-2-20(17-12-13-17)18(16-19)14-10-8-6-4-3-5-7-9-11-15-18/h17H,2-16,19H2,1H3. The SMILES string of the molecule is CCN(C1CC1)C1(CN)CCCCCCCCCCC1. The molecular weight excluding hydrogens is 244 g/mol. The first kappa shape index (κ1) is 16.3. The molecule has 0 amide bonds. The van der Waals surface area contributed by atoms with Gasteiger partial charge in [-0.25, -0.2) is 0 Å². The lowest BCUT2D eigenvalue weighted by molar-refractivity contribution is 0.0674. The first-order chi connectivity index (χ1) is 9.82. The molecule has 0 aromatic rings. The molecule has 2 aliphatic rings. The molecule has 0 unspecified atom stereocenters. The molecule has 0 atom stereocenters. The van der Waals surface area contributed by atoms with E-state index >= 15 is 0 Å². The molecule has 2 N–H and O–H groups in total. The van der Waals surface area contributed by atoms with Crippen LogP contribution in [0.4, 0.5) is 0 Å². The third kappa shape index (κ3) is 4.46. The van der Waals surface area contributed by atoms with E-state index in [2.05, 4.69) is 11.8 Å². The monoisotopic (exact) mass is 280 g/mol. The van der Waals surface area contributed by atoms with Crippen molar-refractivity contribution in [3.05, 3.63) is 0 Å². The van der Waals surface area contributed by atoms with Crippen molar-refractivity contribution in [2.75, 3.05) is 13.1 Å². The van der Waals surface area contributed by atoms with Gasteiger partial charge in [0.05, 0.1) is 0 Å². The third-order valence-corrected chi connectivity index (χ3v) is 5.60. The molecule has 118 valence electrons. The van der Waals surface area contributed by atoms with E-state index in [-0.39, 0.29) is 0 Å². The first-order valence-corrected chi connectivity index (χ1v) is 9.29. The van der Waals surface area contributed by atoms with Crippen molar-refractivity contribution in [1.29, 1.82) is 0 Å². The van der Waals surface area contributed by atoms with E-state index in [0.717, 1.165) is 12.6 Å². The second-order valence-corrected chi connectivity index (χ2v) is 7.13. The Hall–Kier alpha value is -0.0800. The first-order valence-electron chi connectivity index (χ1n) is 9.29. The van der Waals surface area contributed by atoms with Gasteiger partial charge >= 0.3 is 0 Å². The van der Waals surface area contributed by atoms with Crippen molar-refractivity contribution in [3.63, 3.8) is 0 Å². The lowest BCUT2D eigenvalue weighted by Crippen LogP contribution is -2.55. The molecule has 2 nitrogen and oxygen atoms in total. The van der Waals surface area contributed by atoms with E-state index in [1.165, 1.54) is 90.0 Å². The zero-order valence-corrected chi connectivity index (χ0v) is 13.7. The van der Waals surface area contributed by atoms with E-state index < -0.39 is 0 Å². The summed E-state index contributed by atoms with van der Waals surface area (Å²) in [6.07, 6.45) is 18.4. The van der Waals surface area contributed by atoms with Crippen molar-refractivity contribution in [2.45, 2.75) is 102 Å². The number of nitrogens with zero attached hydrogens (tertiary/aromatic N) is 1. The van der Waals surface area contributed by atoms with Crippen LogP contribution in [0.1, 0.15) is 90.4 Å². The van der Waals surface area contributed by atoms with E-state index in [1.807, 2.05) is 0 Å². The molecule has 0 heterocycles. The molecule has 2 heteroatoms. The van der Waals surface area contributed by atoms with E-state index in [4.69, 9.17) is 5.73 Å². The van der Waals surface area contributed by atoms with Crippen molar-refractivity contribution in [3.8, 4) is 0 Å². The molecule has 0 aromatic carbocycles. The molecule has 0 saturated heterocycles. The molecule has 20 heavy (non-hydrogen) atoms. The zero-order valence-electron chi connectivity index (χ0n) is 13.7. The summed E-state index contributed by atoms with van der Waals surface area (Å²) in [5.74, 6) is 0. The van der Waals surface area contributed by atoms with Gasteiger partial charge in [0.2, 0.25) is 0 Å². The quantitative estimate of drug-likeness (QED) is 0.823. The van der Waals surface area contributed by atoms with Crippen molar-refractivity contribution in [2.24, 2.45) is 5.73 Å². The summed E-state index contributed by atoms with van der Waals surface area (Å²) in [5.41, 5.74) is 6.65. The van der Waals surface area contributed by atoms with Gasteiger partial charge in [-0.2, -0.15) is 0 Å². The Kier molecular flexibility index (Phi) is 6.83. The summed E-state index contributed by atoms with van der Waals surface area (Å²) in [6, 6.07) is 0.858. The lowest BCUT2D eigenvalue weighted by Gasteiger charge is -2.44. The maximum Gasteiger partial charge on any atom is 0.0334 e. The molecule has 2 saturated carbocycles. The van der Waals surface area contributed by atoms with Gasteiger partial charge < -0.3 is 5.73 Å². The van der Waals surface area contributed by atoms with Crippen LogP contribution < -0.4 is 5.73 Å². The summed E-state index contributed by atoms with van der Waals surface area (Å²) in [7, 11) is 0. The predicted octanol–water partition coefficient (Wildman–Crippen LogP) is 4.47. The average Bonchev–Trinajstić information content (AvgIpc) is 3.27. The van der Waals surface area contributed by atoms with Crippen molar-refractivity contribution < 1.29 is 0 Å². The van der Waals surface area contributed by atoms with Gasteiger partial charge in [0.1, 0.15) is 0 Å². The molecule has 2 fully saturated rings. The highest BCUT2D eigenvalue weighted by molar-refractivity contribution is 4.98. The minimum absolute atomic E-state index is 0.328. The topological polar surface area (TPSA) is 29.3 Å². The largest absolute Gasteiger partial charge is 0.329 e. The van der Waals surface area contributed by atoms with Crippen LogP contribution in [0.3, 0.4) is 0 Å². The van der Waals surface area contributed by atoms with E-state index in [1.54, 1.807) is 0 Å². The normalized spacial score (nSPS) is 25.9. The van der Waals surface area contributed by atoms with Crippen LogP contribution in [0.25, 0.3) is 0 Å². The van der Waals surface area contributed by atoms with Crippen molar-refractivity contribution >= 4 is 0 Å². The molecule has 2 aliphatic carbocycles. The third-order valence-electron chi connectivity index (χ3n) is 5.60. The Labute approximate surface area is 126 Å². The average molecular weight is 280 g/mol. The summed E-state index contributed by atoms with van der Waals surface area (Å²) in [5, 5.41) is 0. The van der Waals surface area contributed by atoms with Gasteiger partial charge in [-0.15, -0.1) is 0 Å². The molecule has 0 aromatic heterocycles. The zero-order chi connectivity index (χ0) is 14.3. The fraction of sp³-hybridized carbons (Fsp3) is 1.00. The van der Waals surface area contributed by atoms with Crippen LogP contribution in [0, 0.1) is 0 Å². The number of hydrogen-bond acceptors (Lipinski definition) is 2. The second kappa shape index (κ2) is 8.38. The summed E-state index contributed by atoms with van der Waals surface area (Å²) < 4.78 is 0. The second-order valence-electron chi connectivity index (χ2n) is 7.13. The summed E-state index contributed by atoms with van der Waals surface area (Å²) in [4.78, 5) is 2.79. The molecule has 0 bridgehead atoms. The van der Waals surface area contributed by atoms with Gasteiger partial charge in [0.15, 0.2) is 0 Å². The minimum atomic E-state index is 0.328. The smallest absolute Gasteiger partial charge is 0.0334 e. The van der Waals surface area contributed by atoms with Gasteiger partial charge in [-0.3, -0.25) is 4.90 Å². The fourth-order valence-electron chi connectivity index (χ4n) is 4.25. The van der Waals surface area contributed by atoms with Gasteiger partial charge in [-0.1, -0.05) is 64.7 Å². The Morgan fingerprint density at radius 1 is 0.850 bits per heavy atom. The molecule has 0 aliphatic heterocycles. The van der Waals surface area contributed by atoms with Gasteiger partial charge in [0, 0.05) is 18.1 Å². The van der Waals surface area contributed by atoms with E-state index in [0.29, 0.717) is 5.54 Å². The minimum Gasteiger partial charge on any atom is -0.329 e. The highest BCUT2D eigenvalue weighted by atomic mass is 15.3. The maximum absolute atomic E-state index is 6.32. The van der Waals surface area contributed by atoms with Crippen LogP contribution in [-0.2, 0) is 0 Å². The Morgan fingerprint density at radius 3 is 1.65 bits per heavy atom. The van der Waals surface area contributed by atoms with Crippen LogP contribution in [0.5, 0.6) is 0 Å². The number of hydrogen-bond donors (Lipinski definition) is 1. The lowest BCUT2D eigenvalue weighted by atomic mass is 9.83.